The summed E-state index contributed by atoms with van der Waals surface area (Å²) in [4.78, 5) is 24.6. The van der Waals surface area contributed by atoms with Gasteiger partial charge in [0.1, 0.15) is 5.52 Å². The molecule has 3 heterocycles. The molecule has 1 aromatic carbocycles. The zero-order valence-electron chi connectivity index (χ0n) is 15.2. The normalized spacial score (nSPS) is 12.0. The van der Waals surface area contributed by atoms with Crippen molar-refractivity contribution in [3.63, 3.8) is 0 Å². The number of aromatic amines is 1. The van der Waals surface area contributed by atoms with Crippen molar-refractivity contribution in [2.45, 2.75) is 33.2 Å². The number of carbonyl (C=O) groups excluding carboxylic acids is 1. The summed E-state index contributed by atoms with van der Waals surface area (Å²) in [5.74, 6) is 0.386. The maximum absolute atomic E-state index is 12.6. The second kappa shape index (κ2) is 5.66. The first kappa shape index (κ1) is 16.3. The molecule has 0 saturated heterocycles. The minimum atomic E-state index is -0.332. The van der Waals surface area contributed by atoms with E-state index < -0.39 is 0 Å². The molecule has 7 heteroatoms. The van der Waals surface area contributed by atoms with Crippen LogP contribution in [0.2, 0.25) is 0 Å². The first-order chi connectivity index (χ1) is 12.3. The van der Waals surface area contributed by atoms with E-state index in [1.165, 1.54) is 5.56 Å². The number of aryl methyl sites for hydroxylation is 1. The lowest BCUT2D eigenvalue weighted by molar-refractivity contribution is 0.0921. The standard InChI is InChI=1S/C19H20N6O/c1-11-5-6-14-12(7-11)8-22-25(14)15-10-21-17-16(23-15)13(9-20-17)18(26)24-19(2,3)4/h5-10H,1-4H3,(H,20,21)(H,24,26). The summed E-state index contributed by atoms with van der Waals surface area (Å²) in [5.41, 5.74) is 3.35. The quantitative estimate of drug-likeness (QED) is 0.582. The Morgan fingerprint density at radius 1 is 1.23 bits per heavy atom. The Labute approximate surface area is 150 Å². The maximum Gasteiger partial charge on any atom is 0.255 e. The molecule has 132 valence electrons. The van der Waals surface area contributed by atoms with E-state index in [0.717, 1.165) is 10.9 Å². The van der Waals surface area contributed by atoms with Gasteiger partial charge >= 0.3 is 0 Å². The number of amides is 1. The fourth-order valence-corrected chi connectivity index (χ4v) is 2.90. The molecule has 0 spiro atoms. The monoisotopic (exact) mass is 348 g/mol. The van der Waals surface area contributed by atoms with E-state index in [2.05, 4.69) is 31.4 Å². The van der Waals surface area contributed by atoms with Gasteiger partial charge in [0, 0.05) is 17.1 Å². The molecular weight excluding hydrogens is 328 g/mol. The van der Waals surface area contributed by atoms with Gasteiger partial charge in [0.2, 0.25) is 0 Å². The Balaban J connectivity index is 1.82. The molecular formula is C19H20N6O. The summed E-state index contributed by atoms with van der Waals surface area (Å²) in [6.07, 6.45) is 5.09. The van der Waals surface area contributed by atoms with E-state index in [-0.39, 0.29) is 11.4 Å². The zero-order chi connectivity index (χ0) is 18.5. The Morgan fingerprint density at radius 3 is 2.81 bits per heavy atom. The molecule has 0 unspecified atom stereocenters. The van der Waals surface area contributed by atoms with Crippen LogP contribution >= 0.6 is 0 Å². The van der Waals surface area contributed by atoms with Crippen LogP contribution in [0.3, 0.4) is 0 Å². The lowest BCUT2D eigenvalue weighted by Crippen LogP contribution is -2.40. The number of benzene rings is 1. The van der Waals surface area contributed by atoms with Gasteiger partial charge in [-0.1, -0.05) is 11.6 Å². The van der Waals surface area contributed by atoms with Gasteiger partial charge in [-0.3, -0.25) is 4.79 Å². The van der Waals surface area contributed by atoms with Gasteiger partial charge in [-0.25, -0.2) is 14.6 Å². The number of carbonyl (C=O) groups is 1. The molecule has 0 fully saturated rings. The van der Waals surface area contributed by atoms with Crippen LogP contribution in [0.4, 0.5) is 0 Å². The summed E-state index contributed by atoms with van der Waals surface area (Å²) in [7, 11) is 0. The molecule has 26 heavy (non-hydrogen) atoms. The van der Waals surface area contributed by atoms with E-state index in [4.69, 9.17) is 0 Å². The Hall–Kier alpha value is -3.22. The topological polar surface area (TPSA) is 88.5 Å². The molecule has 0 aliphatic carbocycles. The van der Waals surface area contributed by atoms with Crippen molar-refractivity contribution in [3.8, 4) is 5.82 Å². The van der Waals surface area contributed by atoms with Gasteiger partial charge in [-0.05, 0) is 39.8 Å². The predicted octanol–water partition coefficient (Wildman–Crippen LogP) is 3.13. The van der Waals surface area contributed by atoms with Crippen molar-refractivity contribution in [3.05, 3.63) is 47.9 Å². The first-order valence-corrected chi connectivity index (χ1v) is 8.43. The number of nitrogens with zero attached hydrogens (tertiary/aromatic N) is 4. The van der Waals surface area contributed by atoms with Crippen LogP contribution in [0.15, 0.2) is 36.8 Å². The first-order valence-electron chi connectivity index (χ1n) is 8.43. The highest BCUT2D eigenvalue weighted by molar-refractivity contribution is 6.04. The average Bonchev–Trinajstić information content (AvgIpc) is 3.15. The van der Waals surface area contributed by atoms with E-state index in [9.17, 15) is 4.79 Å². The van der Waals surface area contributed by atoms with Crippen LogP contribution in [-0.2, 0) is 0 Å². The molecule has 0 radical (unpaired) electrons. The van der Waals surface area contributed by atoms with Gasteiger partial charge < -0.3 is 10.3 Å². The van der Waals surface area contributed by atoms with Crippen molar-refractivity contribution in [1.29, 1.82) is 0 Å². The molecule has 4 aromatic rings. The lowest BCUT2D eigenvalue weighted by atomic mass is 10.1. The third-order valence-corrected chi connectivity index (χ3v) is 4.04. The van der Waals surface area contributed by atoms with E-state index >= 15 is 0 Å². The summed E-state index contributed by atoms with van der Waals surface area (Å²) < 4.78 is 1.74. The average molecular weight is 348 g/mol. The fourth-order valence-electron chi connectivity index (χ4n) is 2.90. The summed E-state index contributed by atoms with van der Waals surface area (Å²) >= 11 is 0. The molecule has 0 aliphatic rings. The van der Waals surface area contributed by atoms with Gasteiger partial charge in [0.25, 0.3) is 5.91 Å². The molecule has 3 aromatic heterocycles. The van der Waals surface area contributed by atoms with Gasteiger partial charge in [0.15, 0.2) is 11.5 Å². The van der Waals surface area contributed by atoms with Gasteiger partial charge in [0.05, 0.1) is 23.5 Å². The fraction of sp³-hybridized carbons (Fsp3) is 0.263. The maximum atomic E-state index is 12.6. The van der Waals surface area contributed by atoms with E-state index in [0.29, 0.717) is 22.5 Å². The SMILES string of the molecule is Cc1ccc2c(cnn2-c2cnc3[nH]cc(C(=O)NC(C)(C)C)c3n2)c1. The Bertz CT molecular complexity index is 1130. The minimum Gasteiger partial charge on any atom is -0.347 e. The number of aromatic nitrogens is 5. The van der Waals surface area contributed by atoms with Crippen LogP contribution < -0.4 is 5.32 Å². The highest BCUT2D eigenvalue weighted by atomic mass is 16.1. The zero-order valence-corrected chi connectivity index (χ0v) is 15.2. The van der Waals surface area contributed by atoms with E-state index in [1.54, 1.807) is 23.3 Å². The van der Waals surface area contributed by atoms with Crippen molar-refractivity contribution in [2.75, 3.05) is 0 Å². The molecule has 2 N–H and O–H groups in total. The molecule has 0 bridgehead atoms. The number of nitrogens with one attached hydrogen (secondary N) is 2. The Kier molecular flexibility index (Phi) is 3.54. The second-order valence-electron chi connectivity index (χ2n) is 7.45. The highest BCUT2D eigenvalue weighted by Gasteiger charge is 2.20. The number of fused-ring (bicyclic) bond motifs is 2. The van der Waals surface area contributed by atoms with Crippen molar-refractivity contribution in [2.24, 2.45) is 0 Å². The lowest BCUT2D eigenvalue weighted by Gasteiger charge is -2.20. The summed E-state index contributed by atoms with van der Waals surface area (Å²) in [6, 6.07) is 6.11. The van der Waals surface area contributed by atoms with Gasteiger partial charge in [-0.15, -0.1) is 0 Å². The number of hydrogen-bond acceptors (Lipinski definition) is 4. The van der Waals surface area contributed by atoms with Crippen molar-refractivity contribution in [1.82, 2.24) is 30.0 Å². The molecule has 1 amide bonds. The van der Waals surface area contributed by atoms with Crippen LogP contribution in [0.5, 0.6) is 0 Å². The number of rotatable bonds is 2. The largest absolute Gasteiger partial charge is 0.347 e. The predicted molar refractivity (Wildman–Crippen MR) is 100 cm³/mol. The Morgan fingerprint density at radius 2 is 2.04 bits per heavy atom. The highest BCUT2D eigenvalue weighted by Crippen LogP contribution is 2.21. The molecule has 0 atom stereocenters. The number of H-pyrrole nitrogens is 1. The van der Waals surface area contributed by atoms with Gasteiger partial charge in [-0.2, -0.15) is 5.10 Å². The van der Waals surface area contributed by atoms with Crippen LogP contribution in [0, 0.1) is 6.92 Å². The summed E-state index contributed by atoms with van der Waals surface area (Å²) in [5, 5.41) is 8.42. The van der Waals surface area contributed by atoms with E-state index in [1.807, 2.05) is 39.8 Å². The smallest absolute Gasteiger partial charge is 0.255 e. The second-order valence-corrected chi connectivity index (χ2v) is 7.45. The van der Waals surface area contributed by atoms with Crippen molar-refractivity contribution < 1.29 is 4.79 Å². The number of hydrogen-bond donors (Lipinski definition) is 2. The molecule has 0 aliphatic heterocycles. The molecule has 4 rings (SSSR count). The third-order valence-electron chi connectivity index (χ3n) is 4.04. The molecule has 7 nitrogen and oxygen atoms in total. The van der Waals surface area contributed by atoms with Crippen LogP contribution in [0.25, 0.3) is 27.9 Å². The van der Waals surface area contributed by atoms with Crippen LogP contribution in [-0.4, -0.2) is 36.2 Å². The van der Waals surface area contributed by atoms with Crippen LogP contribution in [0.1, 0.15) is 36.7 Å². The third kappa shape index (κ3) is 2.81. The minimum absolute atomic E-state index is 0.184. The molecule has 0 saturated carbocycles. The van der Waals surface area contributed by atoms with Crippen molar-refractivity contribution >= 4 is 28.0 Å². The summed E-state index contributed by atoms with van der Waals surface area (Å²) in [6.45, 7) is 7.86.